The number of carbonyl (C=O) groups excluding carboxylic acids is 2. The standard InChI is InChI=1S/C17H22N4O4/c1-11-4-2-6-14-12(11)7-9-21(14)10-15(22)20-13(16(23)24)5-3-8-19-17(18)25/h2,4,6-7,9,13H,3,5,8,10H2,1H3,(H,20,22)(H,23,24)(H3,18,19,25)/t13-/m1/s1. The molecule has 25 heavy (non-hydrogen) atoms. The maximum absolute atomic E-state index is 12.2. The van der Waals surface area contributed by atoms with Crippen molar-refractivity contribution in [1.82, 2.24) is 15.2 Å². The lowest BCUT2D eigenvalue weighted by Gasteiger charge is -2.15. The summed E-state index contributed by atoms with van der Waals surface area (Å²) in [5.41, 5.74) is 6.98. The fourth-order valence-electron chi connectivity index (χ4n) is 2.68. The van der Waals surface area contributed by atoms with Crippen LogP contribution in [-0.4, -0.2) is 40.2 Å². The van der Waals surface area contributed by atoms with E-state index in [4.69, 9.17) is 5.73 Å². The molecule has 0 saturated heterocycles. The average molecular weight is 346 g/mol. The van der Waals surface area contributed by atoms with E-state index in [9.17, 15) is 19.5 Å². The summed E-state index contributed by atoms with van der Waals surface area (Å²) >= 11 is 0. The van der Waals surface area contributed by atoms with Crippen molar-refractivity contribution in [3.8, 4) is 0 Å². The number of nitrogens with two attached hydrogens (primary N) is 1. The molecule has 0 unspecified atom stereocenters. The second kappa shape index (κ2) is 8.18. The van der Waals surface area contributed by atoms with Gasteiger partial charge in [0.2, 0.25) is 5.91 Å². The van der Waals surface area contributed by atoms with Crippen LogP contribution in [0.15, 0.2) is 30.5 Å². The Morgan fingerprint density at radius 2 is 2.04 bits per heavy atom. The summed E-state index contributed by atoms with van der Waals surface area (Å²) in [6, 6.07) is 6.09. The van der Waals surface area contributed by atoms with Gasteiger partial charge in [0, 0.05) is 23.6 Å². The Kier molecular flexibility index (Phi) is 5.99. The monoisotopic (exact) mass is 346 g/mol. The minimum absolute atomic E-state index is 0.0380. The second-order valence-corrected chi connectivity index (χ2v) is 5.84. The smallest absolute Gasteiger partial charge is 0.326 e. The molecular weight excluding hydrogens is 324 g/mol. The van der Waals surface area contributed by atoms with Crippen LogP contribution >= 0.6 is 0 Å². The number of nitrogens with zero attached hydrogens (tertiary/aromatic N) is 1. The summed E-state index contributed by atoms with van der Waals surface area (Å²) in [5.74, 6) is -1.49. The van der Waals surface area contributed by atoms with Crippen LogP contribution in [0.3, 0.4) is 0 Å². The molecule has 2 rings (SSSR count). The number of nitrogens with one attached hydrogen (secondary N) is 2. The number of aryl methyl sites for hydroxylation is 1. The lowest BCUT2D eigenvalue weighted by Crippen LogP contribution is -2.42. The molecule has 1 heterocycles. The molecular formula is C17H22N4O4. The van der Waals surface area contributed by atoms with Gasteiger partial charge in [-0.15, -0.1) is 0 Å². The number of hydrogen-bond donors (Lipinski definition) is 4. The molecule has 134 valence electrons. The molecule has 0 saturated carbocycles. The molecule has 0 bridgehead atoms. The maximum atomic E-state index is 12.2. The molecule has 8 nitrogen and oxygen atoms in total. The van der Waals surface area contributed by atoms with Gasteiger partial charge in [0.15, 0.2) is 0 Å². The van der Waals surface area contributed by atoms with Crippen molar-refractivity contribution in [2.75, 3.05) is 6.54 Å². The topological polar surface area (TPSA) is 126 Å². The number of carbonyl (C=O) groups is 3. The zero-order valence-corrected chi connectivity index (χ0v) is 14.0. The van der Waals surface area contributed by atoms with Gasteiger partial charge in [0.05, 0.1) is 0 Å². The molecule has 0 aliphatic carbocycles. The van der Waals surface area contributed by atoms with Gasteiger partial charge in [-0.05, 0) is 37.5 Å². The zero-order valence-electron chi connectivity index (χ0n) is 14.0. The van der Waals surface area contributed by atoms with Gasteiger partial charge >= 0.3 is 12.0 Å². The summed E-state index contributed by atoms with van der Waals surface area (Å²) in [6.07, 6.45) is 2.41. The van der Waals surface area contributed by atoms with Crippen LogP contribution in [0, 0.1) is 6.92 Å². The Bertz CT molecular complexity index is 784. The zero-order chi connectivity index (χ0) is 18.4. The van der Waals surface area contributed by atoms with E-state index < -0.39 is 18.0 Å². The average Bonchev–Trinajstić information content (AvgIpc) is 2.94. The van der Waals surface area contributed by atoms with Gasteiger partial charge in [0.25, 0.3) is 0 Å². The molecule has 1 aromatic heterocycles. The van der Waals surface area contributed by atoms with E-state index in [-0.39, 0.29) is 25.4 Å². The van der Waals surface area contributed by atoms with Crippen LogP contribution in [0.5, 0.6) is 0 Å². The minimum atomic E-state index is -1.11. The first kappa shape index (κ1) is 18.3. The number of carboxylic acids is 1. The van der Waals surface area contributed by atoms with Crippen molar-refractivity contribution in [2.45, 2.75) is 32.4 Å². The van der Waals surface area contributed by atoms with E-state index in [1.54, 1.807) is 4.57 Å². The van der Waals surface area contributed by atoms with E-state index in [1.165, 1.54) is 0 Å². The quantitative estimate of drug-likeness (QED) is 0.531. The molecule has 0 aliphatic rings. The third kappa shape index (κ3) is 4.97. The number of fused-ring (bicyclic) bond motifs is 1. The van der Waals surface area contributed by atoms with Crippen molar-refractivity contribution in [1.29, 1.82) is 0 Å². The number of urea groups is 1. The van der Waals surface area contributed by atoms with Crippen LogP contribution < -0.4 is 16.4 Å². The number of carboxylic acid groups (broad SMARTS) is 1. The lowest BCUT2D eigenvalue weighted by atomic mass is 10.1. The summed E-state index contributed by atoms with van der Waals surface area (Å²) in [4.78, 5) is 34.1. The molecule has 0 aliphatic heterocycles. The highest BCUT2D eigenvalue weighted by Gasteiger charge is 2.20. The van der Waals surface area contributed by atoms with Crippen LogP contribution in [0.4, 0.5) is 4.79 Å². The van der Waals surface area contributed by atoms with Gasteiger partial charge < -0.3 is 26.0 Å². The molecule has 2 aromatic rings. The van der Waals surface area contributed by atoms with Gasteiger partial charge in [-0.1, -0.05) is 12.1 Å². The first-order valence-electron chi connectivity index (χ1n) is 7.98. The Labute approximate surface area is 145 Å². The molecule has 3 amide bonds. The molecule has 8 heteroatoms. The highest BCUT2D eigenvalue weighted by molar-refractivity contribution is 5.87. The fourth-order valence-corrected chi connectivity index (χ4v) is 2.68. The molecule has 0 radical (unpaired) electrons. The molecule has 1 aromatic carbocycles. The highest BCUT2D eigenvalue weighted by atomic mass is 16.4. The number of amides is 3. The molecule has 5 N–H and O–H groups in total. The van der Waals surface area contributed by atoms with Gasteiger partial charge in [0.1, 0.15) is 12.6 Å². The minimum Gasteiger partial charge on any atom is -0.480 e. The van der Waals surface area contributed by atoms with Gasteiger partial charge in [-0.25, -0.2) is 9.59 Å². The Morgan fingerprint density at radius 1 is 1.28 bits per heavy atom. The number of aliphatic carboxylic acids is 1. The Hall–Kier alpha value is -3.03. The largest absolute Gasteiger partial charge is 0.480 e. The van der Waals surface area contributed by atoms with Crippen molar-refractivity contribution in [2.24, 2.45) is 5.73 Å². The van der Waals surface area contributed by atoms with Crippen molar-refractivity contribution in [3.05, 3.63) is 36.0 Å². The SMILES string of the molecule is Cc1cccc2c1ccn2CC(=O)N[C@H](CCCNC(N)=O)C(=O)O. The van der Waals surface area contributed by atoms with Crippen molar-refractivity contribution in [3.63, 3.8) is 0 Å². The summed E-state index contributed by atoms with van der Waals surface area (Å²) < 4.78 is 1.78. The predicted molar refractivity (Wildman–Crippen MR) is 93.1 cm³/mol. The first-order chi connectivity index (χ1) is 11.9. The predicted octanol–water partition coefficient (Wildman–Crippen LogP) is 0.968. The normalized spacial score (nSPS) is 11.9. The first-order valence-corrected chi connectivity index (χ1v) is 7.98. The van der Waals surface area contributed by atoms with Crippen LogP contribution in [0.2, 0.25) is 0 Å². The van der Waals surface area contributed by atoms with Gasteiger partial charge in [-0.2, -0.15) is 0 Å². The van der Waals surface area contributed by atoms with E-state index >= 15 is 0 Å². The van der Waals surface area contributed by atoms with E-state index in [0.29, 0.717) is 6.42 Å². The van der Waals surface area contributed by atoms with E-state index in [1.807, 2.05) is 37.4 Å². The number of aromatic nitrogens is 1. The molecule has 0 spiro atoms. The Morgan fingerprint density at radius 3 is 2.72 bits per heavy atom. The lowest BCUT2D eigenvalue weighted by molar-refractivity contribution is -0.142. The number of benzene rings is 1. The van der Waals surface area contributed by atoms with Crippen LogP contribution in [0.25, 0.3) is 10.9 Å². The third-order valence-electron chi connectivity index (χ3n) is 3.95. The number of hydrogen-bond acceptors (Lipinski definition) is 3. The number of primary amides is 1. The summed E-state index contributed by atoms with van der Waals surface area (Å²) in [7, 11) is 0. The highest BCUT2D eigenvalue weighted by Crippen LogP contribution is 2.19. The van der Waals surface area contributed by atoms with Crippen LogP contribution in [-0.2, 0) is 16.1 Å². The summed E-state index contributed by atoms with van der Waals surface area (Å²) in [6.45, 7) is 2.29. The summed E-state index contributed by atoms with van der Waals surface area (Å²) in [5, 5.41) is 15.2. The third-order valence-corrected chi connectivity index (χ3v) is 3.95. The second-order valence-electron chi connectivity index (χ2n) is 5.84. The van der Waals surface area contributed by atoms with Crippen molar-refractivity contribution >= 4 is 28.8 Å². The maximum Gasteiger partial charge on any atom is 0.326 e. The fraction of sp³-hybridized carbons (Fsp3) is 0.353. The van der Waals surface area contributed by atoms with Crippen LogP contribution in [0.1, 0.15) is 18.4 Å². The van der Waals surface area contributed by atoms with E-state index in [0.717, 1.165) is 16.5 Å². The Balaban J connectivity index is 1.95. The van der Waals surface area contributed by atoms with Gasteiger partial charge in [-0.3, -0.25) is 4.79 Å². The van der Waals surface area contributed by atoms with E-state index in [2.05, 4.69) is 10.6 Å². The molecule has 0 fully saturated rings. The molecule has 1 atom stereocenters. The van der Waals surface area contributed by atoms with Crippen molar-refractivity contribution < 1.29 is 19.5 Å². The number of rotatable bonds is 8.